The van der Waals surface area contributed by atoms with Gasteiger partial charge in [-0.05, 0) is 39.0 Å². The predicted octanol–water partition coefficient (Wildman–Crippen LogP) is 3.75. The molecule has 0 unspecified atom stereocenters. The van der Waals surface area contributed by atoms with Gasteiger partial charge < -0.3 is 14.5 Å². The first-order valence-electron chi connectivity index (χ1n) is 9.17. The summed E-state index contributed by atoms with van der Waals surface area (Å²) in [7, 11) is 3.87. The lowest BCUT2D eigenvalue weighted by Gasteiger charge is -2.29. The van der Waals surface area contributed by atoms with Crippen molar-refractivity contribution in [2.45, 2.75) is 39.3 Å². The van der Waals surface area contributed by atoms with Crippen LogP contribution in [0.25, 0.3) is 0 Å². The fraction of sp³-hybridized carbons (Fsp3) is 0.450. The van der Waals surface area contributed by atoms with Crippen molar-refractivity contribution in [2.75, 3.05) is 30.9 Å². The number of fused-ring (bicyclic) bond motifs is 1. The fourth-order valence-corrected chi connectivity index (χ4v) is 3.84. The quantitative estimate of drug-likeness (QED) is 0.846. The van der Waals surface area contributed by atoms with Crippen molar-refractivity contribution in [1.29, 1.82) is 0 Å². The van der Waals surface area contributed by atoms with E-state index in [1.165, 1.54) is 11.3 Å². The minimum atomic E-state index is -0.523. The Bertz CT molecular complexity index is 886. The smallest absolute Gasteiger partial charge is 0.410 e. The van der Waals surface area contributed by atoms with Crippen LogP contribution < -0.4 is 10.2 Å². The van der Waals surface area contributed by atoms with Crippen molar-refractivity contribution in [3.8, 4) is 0 Å². The minimum absolute atomic E-state index is 0.196. The van der Waals surface area contributed by atoms with Gasteiger partial charge >= 0.3 is 6.09 Å². The molecular weight excluding hydrogens is 376 g/mol. The summed E-state index contributed by atoms with van der Waals surface area (Å²) < 4.78 is 5.45. The molecule has 2 heterocycles. The van der Waals surface area contributed by atoms with Gasteiger partial charge in [-0.2, -0.15) is 0 Å². The number of rotatable bonds is 3. The first-order valence-corrected chi connectivity index (χ1v) is 9.99. The summed E-state index contributed by atoms with van der Waals surface area (Å²) in [5.41, 5.74) is 1.95. The second-order valence-electron chi connectivity index (χ2n) is 7.94. The molecule has 0 spiro atoms. The molecule has 2 aromatic rings. The third kappa shape index (κ3) is 4.81. The third-order valence-electron chi connectivity index (χ3n) is 4.23. The Morgan fingerprint density at radius 2 is 2.04 bits per heavy atom. The van der Waals surface area contributed by atoms with Gasteiger partial charge in [0.1, 0.15) is 5.60 Å². The molecule has 28 heavy (non-hydrogen) atoms. The van der Waals surface area contributed by atoms with Gasteiger partial charge in [0.2, 0.25) is 0 Å². The summed E-state index contributed by atoms with van der Waals surface area (Å²) in [6, 6.07) is 7.42. The Labute approximate surface area is 169 Å². The second-order valence-corrected chi connectivity index (χ2v) is 9.02. The highest BCUT2D eigenvalue weighted by atomic mass is 32.1. The van der Waals surface area contributed by atoms with Crippen LogP contribution in [0.5, 0.6) is 0 Å². The molecule has 1 aliphatic rings. The van der Waals surface area contributed by atoms with Crippen LogP contribution in [-0.2, 0) is 17.7 Å². The number of hydrogen-bond donors (Lipinski definition) is 1. The summed E-state index contributed by atoms with van der Waals surface area (Å²) in [4.78, 5) is 34.0. The molecule has 0 saturated heterocycles. The summed E-state index contributed by atoms with van der Waals surface area (Å²) in [5, 5.41) is 3.43. The number of nitrogens with zero attached hydrogens (tertiary/aromatic N) is 3. The highest BCUT2D eigenvalue weighted by molar-refractivity contribution is 7.15. The summed E-state index contributed by atoms with van der Waals surface area (Å²) >= 11 is 1.41. The molecule has 8 heteroatoms. The van der Waals surface area contributed by atoms with Gasteiger partial charge in [0.25, 0.3) is 5.91 Å². The van der Waals surface area contributed by atoms with E-state index in [9.17, 15) is 9.59 Å². The molecule has 0 radical (unpaired) electrons. The van der Waals surface area contributed by atoms with E-state index in [4.69, 9.17) is 4.74 Å². The van der Waals surface area contributed by atoms with Crippen LogP contribution in [0.2, 0.25) is 0 Å². The molecule has 0 fully saturated rings. The molecule has 2 amide bonds. The first kappa shape index (κ1) is 20.1. The minimum Gasteiger partial charge on any atom is -0.444 e. The van der Waals surface area contributed by atoms with Gasteiger partial charge in [-0.1, -0.05) is 17.4 Å². The van der Waals surface area contributed by atoms with E-state index in [0.29, 0.717) is 30.2 Å². The number of aromatic nitrogens is 1. The van der Waals surface area contributed by atoms with Crippen molar-refractivity contribution >= 4 is 34.2 Å². The Morgan fingerprint density at radius 1 is 1.29 bits per heavy atom. The van der Waals surface area contributed by atoms with Crippen molar-refractivity contribution in [1.82, 2.24) is 9.88 Å². The summed E-state index contributed by atoms with van der Waals surface area (Å²) in [6.07, 6.45) is 0.328. The average Bonchev–Trinajstić information content (AvgIpc) is 3.01. The molecule has 1 N–H and O–H groups in total. The van der Waals surface area contributed by atoms with Crippen molar-refractivity contribution in [3.63, 3.8) is 0 Å². The van der Waals surface area contributed by atoms with Crippen molar-refractivity contribution < 1.29 is 14.3 Å². The van der Waals surface area contributed by atoms with Gasteiger partial charge in [-0.15, -0.1) is 0 Å². The number of carbonyl (C=O) groups excluding carboxylic acids is 2. The standard InChI is InChI=1S/C20H26N4O3S/c1-20(2,3)27-19(26)24-10-9-15-16(12-24)28-18(21-15)22-17(25)13-7-6-8-14(11-13)23(4)5/h6-8,11H,9-10,12H2,1-5H3,(H,21,22,25). The van der Waals surface area contributed by atoms with Crippen LogP contribution in [0.3, 0.4) is 0 Å². The largest absolute Gasteiger partial charge is 0.444 e. The number of hydrogen-bond acceptors (Lipinski definition) is 6. The number of amides is 2. The van der Waals surface area contributed by atoms with Gasteiger partial charge in [-0.25, -0.2) is 9.78 Å². The van der Waals surface area contributed by atoms with Gasteiger partial charge in [0.05, 0.1) is 12.2 Å². The van der Waals surface area contributed by atoms with E-state index in [-0.39, 0.29) is 12.0 Å². The number of thiazole rings is 1. The summed E-state index contributed by atoms with van der Waals surface area (Å²) in [6.45, 7) is 6.57. The molecule has 1 aromatic heterocycles. The normalized spacial score (nSPS) is 13.7. The predicted molar refractivity (Wildman–Crippen MR) is 111 cm³/mol. The monoisotopic (exact) mass is 402 g/mol. The Kier molecular flexibility index (Phi) is 5.60. The molecule has 3 rings (SSSR count). The first-order chi connectivity index (χ1) is 13.1. The van der Waals surface area contributed by atoms with E-state index in [2.05, 4.69) is 10.3 Å². The number of benzene rings is 1. The number of carbonyl (C=O) groups is 2. The SMILES string of the molecule is CN(C)c1cccc(C(=O)Nc2nc3c(s2)CN(C(=O)OC(C)(C)C)CC3)c1. The molecule has 7 nitrogen and oxygen atoms in total. The third-order valence-corrected chi connectivity index (χ3v) is 5.23. The van der Waals surface area contributed by atoms with Crippen LogP contribution in [0.4, 0.5) is 15.6 Å². The zero-order valence-corrected chi connectivity index (χ0v) is 17.7. The molecule has 150 valence electrons. The van der Waals surface area contributed by atoms with Gasteiger partial charge in [0.15, 0.2) is 5.13 Å². The van der Waals surface area contributed by atoms with Crippen LogP contribution in [0.1, 0.15) is 41.7 Å². The van der Waals surface area contributed by atoms with E-state index < -0.39 is 5.60 Å². The lowest BCUT2D eigenvalue weighted by molar-refractivity contribution is 0.0225. The molecule has 0 atom stereocenters. The molecule has 1 aromatic carbocycles. The Morgan fingerprint density at radius 3 is 2.71 bits per heavy atom. The topological polar surface area (TPSA) is 74.8 Å². The molecule has 0 saturated carbocycles. The summed E-state index contributed by atoms with van der Waals surface area (Å²) in [5.74, 6) is -0.196. The van der Waals surface area contributed by atoms with Crippen LogP contribution in [0.15, 0.2) is 24.3 Å². The highest BCUT2D eigenvalue weighted by Crippen LogP contribution is 2.29. The molecule has 0 bridgehead atoms. The maximum Gasteiger partial charge on any atom is 0.410 e. The number of ether oxygens (including phenoxy) is 1. The van der Waals surface area contributed by atoms with Gasteiger partial charge in [0, 0.05) is 43.2 Å². The lowest BCUT2D eigenvalue weighted by atomic mass is 10.2. The maximum absolute atomic E-state index is 12.6. The van der Waals surface area contributed by atoms with Crippen LogP contribution >= 0.6 is 11.3 Å². The van der Waals surface area contributed by atoms with E-state index in [0.717, 1.165) is 16.3 Å². The number of nitrogens with one attached hydrogen (secondary N) is 1. The van der Waals surface area contributed by atoms with Crippen LogP contribution in [0, 0.1) is 0 Å². The highest BCUT2D eigenvalue weighted by Gasteiger charge is 2.28. The Hall–Kier alpha value is -2.61. The van der Waals surface area contributed by atoms with Gasteiger partial charge in [-0.3, -0.25) is 10.1 Å². The van der Waals surface area contributed by atoms with E-state index >= 15 is 0 Å². The average molecular weight is 403 g/mol. The molecule has 0 aliphatic carbocycles. The second kappa shape index (κ2) is 7.79. The van der Waals surface area contributed by atoms with Crippen molar-refractivity contribution in [2.24, 2.45) is 0 Å². The zero-order chi connectivity index (χ0) is 20.5. The van der Waals surface area contributed by atoms with Crippen molar-refractivity contribution in [3.05, 3.63) is 40.4 Å². The van der Waals surface area contributed by atoms with Crippen LogP contribution in [-0.4, -0.2) is 48.1 Å². The zero-order valence-electron chi connectivity index (χ0n) is 16.9. The maximum atomic E-state index is 12.6. The van der Waals surface area contributed by atoms with E-state index in [1.807, 2.05) is 58.0 Å². The Balaban J connectivity index is 1.68. The van der Waals surface area contributed by atoms with E-state index in [1.54, 1.807) is 11.0 Å². The lowest BCUT2D eigenvalue weighted by Crippen LogP contribution is -2.39. The number of anilines is 2. The molecular formula is C20H26N4O3S. The fourth-order valence-electron chi connectivity index (χ4n) is 2.83. The molecule has 1 aliphatic heterocycles.